The molecule has 1 spiro atoms. The van der Waals surface area contributed by atoms with Gasteiger partial charge in [0.2, 0.25) is 10.0 Å². The van der Waals surface area contributed by atoms with Crippen LogP contribution in [0.4, 0.5) is 10.5 Å². The van der Waals surface area contributed by atoms with E-state index in [-0.39, 0.29) is 24.9 Å². The second-order valence-electron chi connectivity index (χ2n) is 12.4. The fraction of sp³-hybridized carbons (Fsp3) is 0.621. The molecule has 0 atom stereocenters. The second-order valence-corrected chi connectivity index (χ2v) is 14.6. The zero-order chi connectivity index (χ0) is 29.5. The first-order valence-electron chi connectivity index (χ1n) is 14.0. The summed E-state index contributed by atoms with van der Waals surface area (Å²) in [5.74, 6) is 1.68. The molecule has 1 aliphatic carbocycles. The fourth-order valence-corrected chi connectivity index (χ4v) is 7.03. The van der Waals surface area contributed by atoms with Gasteiger partial charge in [0.15, 0.2) is 0 Å². The molecule has 1 N–H and O–H groups in total. The molecule has 1 aromatic carbocycles. The maximum Gasteiger partial charge on any atom is 0.414 e. The number of hydrogen-bond acceptors (Lipinski definition) is 6. The van der Waals surface area contributed by atoms with Crippen molar-refractivity contribution < 1.29 is 22.7 Å². The van der Waals surface area contributed by atoms with E-state index >= 15 is 0 Å². The second kappa shape index (κ2) is 11.4. The van der Waals surface area contributed by atoms with Crippen LogP contribution in [0.2, 0.25) is 5.02 Å². The fourth-order valence-electron chi connectivity index (χ4n) is 5.54. The van der Waals surface area contributed by atoms with Crippen LogP contribution < -0.4 is 10.2 Å². The van der Waals surface area contributed by atoms with Gasteiger partial charge in [-0.3, -0.25) is 14.7 Å². The van der Waals surface area contributed by atoms with Crippen LogP contribution in [0.5, 0.6) is 0 Å². The lowest BCUT2D eigenvalue weighted by Crippen LogP contribution is -2.50. The first-order valence-corrected chi connectivity index (χ1v) is 15.8. The number of nitrogens with one attached hydrogen (secondary N) is 1. The van der Waals surface area contributed by atoms with E-state index in [0.717, 1.165) is 36.9 Å². The molecule has 9 nitrogen and oxygen atoms in total. The van der Waals surface area contributed by atoms with Crippen molar-refractivity contribution in [2.75, 3.05) is 25.0 Å². The molecule has 0 aromatic heterocycles. The van der Waals surface area contributed by atoms with Crippen molar-refractivity contribution in [2.24, 2.45) is 16.8 Å². The highest BCUT2D eigenvalue weighted by Crippen LogP contribution is 2.36. The lowest BCUT2D eigenvalue weighted by atomic mass is 9.82. The van der Waals surface area contributed by atoms with Crippen molar-refractivity contribution >= 4 is 51.2 Å². The molecular formula is C29H41ClN4O5S. The molecule has 1 saturated heterocycles. The van der Waals surface area contributed by atoms with E-state index in [1.54, 1.807) is 46.9 Å². The Morgan fingerprint density at radius 2 is 1.82 bits per heavy atom. The third-order valence-electron chi connectivity index (χ3n) is 8.09. The SMILES string of the molecule is Cc1cc(N(C)C(=O)OC(C)(C)C)cc(Cl)c1/C=C/S(=O)(=O)N1CCC2(CC1)N=C(C1CCC(C)CC1)NC2=O. The number of aryl methyl sites for hydroxylation is 1. The maximum atomic E-state index is 13.2. The molecule has 0 unspecified atom stereocenters. The number of amides is 2. The summed E-state index contributed by atoms with van der Waals surface area (Å²) in [4.78, 5) is 31.6. The predicted molar refractivity (Wildman–Crippen MR) is 159 cm³/mol. The van der Waals surface area contributed by atoms with E-state index in [1.165, 1.54) is 15.3 Å². The van der Waals surface area contributed by atoms with Gasteiger partial charge in [-0.1, -0.05) is 31.4 Å². The van der Waals surface area contributed by atoms with E-state index in [2.05, 4.69) is 12.2 Å². The zero-order valence-corrected chi connectivity index (χ0v) is 25.9. The van der Waals surface area contributed by atoms with Gasteiger partial charge in [0, 0.05) is 37.2 Å². The molecule has 0 bridgehead atoms. The largest absolute Gasteiger partial charge is 0.443 e. The molecule has 220 valence electrons. The van der Waals surface area contributed by atoms with Gasteiger partial charge in [-0.25, -0.2) is 13.2 Å². The molecule has 40 heavy (non-hydrogen) atoms. The first-order chi connectivity index (χ1) is 18.6. The summed E-state index contributed by atoms with van der Waals surface area (Å²) >= 11 is 6.52. The number of anilines is 1. The van der Waals surface area contributed by atoms with Gasteiger partial charge in [0.1, 0.15) is 17.0 Å². The van der Waals surface area contributed by atoms with Crippen LogP contribution in [-0.4, -0.2) is 61.8 Å². The molecule has 2 amide bonds. The van der Waals surface area contributed by atoms with E-state index in [4.69, 9.17) is 21.3 Å². The van der Waals surface area contributed by atoms with E-state index < -0.39 is 27.3 Å². The van der Waals surface area contributed by atoms with Gasteiger partial charge in [0.25, 0.3) is 5.91 Å². The summed E-state index contributed by atoms with van der Waals surface area (Å²) in [6.07, 6.45) is 6.00. The minimum absolute atomic E-state index is 0.104. The molecule has 2 fully saturated rings. The van der Waals surface area contributed by atoms with Crippen LogP contribution in [0.15, 0.2) is 22.5 Å². The van der Waals surface area contributed by atoms with Crippen molar-refractivity contribution in [3.05, 3.63) is 33.7 Å². The van der Waals surface area contributed by atoms with Gasteiger partial charge in [-0.2, -0.15) is 4.31 Å². The van der Waals surface area contributed by atoms with Crippen molar-refractivity contribution in [2.45, 2.75) is 84.3 Å². The average molecular weight is 593 g/mol. The standard InChI is InChI=1S/C29H41ClN4O5S/c1-19-7-9-21(10-8-19)25-31-26(35)29(32-25)12-14-34(15-13-29)40(37,38)16-11-23-20(2)17-22(18-24(23)30)33(6)27(36)39-28(3,4)5/h11,16-19,21H,7-10,12-15H2,1-6H3,(H,31,32,35)/b16-11+. The van der Waals surface area contributed by atoms with Crippen molar-refractivity contribution in [3.8, 4) is 0 Å². The van der Waals surface area contributed by atoms with Crippen LogP contribution in [0.1, 0.15) is 77.3 Å². The van der Waals surface area contributed by atoms with Crippen LogP contribution in [0.3, 0.4) is 0 Å². The number of carbonyl (C=O) groups excluding carboxylic acids is 2. The van der Waals surface area contributed by atoms with E-state index in [0.29, 0.717) is 40.6 Å². The number of carbonyl (C=O) groups is 2. The number of halogens is 1. The monoisotopic (exact) mass is 592 g/mol. The molecule has 3 aliphatic rings. The van der Waals surface area contributed by atoms with Gasteiger partial charge in [-0.05, 0) is 88.6 Å². The minimum Gasteiger partial charge on any atom is -0.443 e. The quantitative estimate of drug-likeness (QED) is 0.485. The molecule has 1 aromatic rings. The molecular weight excluding hydrogens is 552 g/mol. The summed E-state index contributed by atoms with van der Waals surface area (Å²) in [7, 11) is -2.16. The maximum absolute atomic E-state index is 13.2. The Hall–Kier alpha value is -2.43. The lowest BCUT2D eigenvalue weighted by molar-refractivity contribution is -0.125. The summed E-state index contributed by atoms with van der Waals surface area (Å²) < 4.78 is 33.2. The minimum atomic E-state index is -3.75. The van der Waals surface area contributed by atoms with Crippen LogP contribution >= 0.6 is 11.6 Å². The van der Waals surface area contributed by atoms with Crippen molar-refractivity contribution in [1.82, 2.24) is 9.62 Å². The van der Waals surface area contributed by atoms with E-state index in [1.807, 2.05) is 0 Å². The van der Waals surface area contributed by atoms with Crippen molar-refractivity contribution in [3.63, 3.8) is 0 Å². The molecule has 0 radical (unpaired) electrons. The van der Waals surface area contributed by atoms with Gasteiger partial charge >= 0.3 is 6.09 Å². The summed E-state index contributed by atoms with van der Waals surface area (Å²) in [5, 5.41) is 4.50. The predicted octanol–water partition coefficient (Wildman–Crippen LogP) is 5.51. The number of sulfonamides is 1. The van der Waals surface area contributed by atoms with Crippen molar-refractivity contribution in [1.29, 1.82) is 0 Å². The third-order valence-corrected chi connectivity index (χ3v) is 9.97. The topological polar surface area (TPSA) is 108 Å². The lowest BCUT2D eigenvalue weighted by Gasteiger charge is -2.34. The summed E-state index contributed by atoms with van der Waals surface area (Å²) in [6, 6.07) is 3.37. The van der Waals surface area contributed by atoms with Gasteiger partial charge < -0.3 is 10.1 Å². The highest BCUT2D eigenvalue weighted by molar-refractivity contribution is 7.92. The van der Waals surface area contributed by atoms with E-state index in [9.17, 15) is 18.0 Å². The molecule has 4 rings (SSSR count). The van der Waals surface area contributed by atoms with Gasteiger partial charge in [-0.15, -0.1) is 0 Å². The number of amidine groups is 1. The van der Waals surface area contributed by atoms with Crippen LogP contribution in [0, 0.1) is 18.8 Å². The molecule has 1 saturated carbocycles. The number of ether oxygens (including phenoxy) is 1. The molecule has 2 aliphatic heterocycles. The Balaban J connectivity index is 1.42. The van der Waals surface area contributed by atoms with Crippen LogP contribution in [0.25, 0.3) is 6.08 Å². The summed E-state index contributed by atoms with van der Waals surface area (Å²) in [5.41, 5.74) is 0.287. The Morgan fingerprint density at radius 1 is 1.20 bits per heavy atom. The molecule has 11 heteroatoms. The van der Waals surface area contributed by atoms with Gasteiger partial charge in [0.05, 0.1) is 5.02 Å². The molecule has 2 heterocycles. The third kappa shape index (κ3) is 6.71. The number of aliphatic imine (C=N–C) groups is 1. The Labute approximate surface area is 243 Å². The first kappa shape index (κ1) is 30.5. The average Bonchev–Trinajstić information content (AvgIpc) is 3.17. The number of hydrogen-bond donors (Lipinski definition) is 1. The highest BCUT2D eigenvalue weighted by atomic mass is 35.5. The summed E-state index contributed by atoms with van der Waals surface area (Å²) in [6.45, 7) is 9.86. The number of rotatable bonds is 5. The Bertz CT molecular complexity index is 1300. The highest BCUT2D eigenvalue weighted by Gasteiger charge is 2.48. The Kier molecular flexibility index (Phi) is 8.74. The Morgan fingerprint density at radius 3 is 2.40 bits per heavy atom. The van der Waals surface area contributed by atoms with Crippen LogP contribution in [-0.2, 0) is 19.6 Å². The zero-order valence-electron chi connectivity index (χ0n) is 24.3. The smallest absolute Gasteiger partial charge is 0.414 e. The normalized spacial score (nSPS) is 23.8. The number of nitrogens with zero attached hydrogens (tertiary/aromatic N) is 3. The number of piperidine rings is 1. The number of benzene rings is 1.